The minimum absolute atomic E-state index is 0.434. The second kappa shape index (κ2) is 6.44. The first kappa shape index (κ1) is 13.7. The number of nitrogens with one attached hydrogen (secondary N) is 2. The van der Waals surface area contributed by atoms with Crippen molar-refractivity contribution in [2.45, 2.75) is 13.3 Å². The Hall–Kier alpha value is -1.73. The SMILES string of the molecule is CCCOc1ccc(/C=N\n2c(=S)[nH][nH]c2=S)cc1. The highest BCUT2D eigenvalue weighted by Gasteiger charge is 1.95. The van der Waals surface area contributed by atoms with E-state index in [1.54, 1.807) is 6.21 Å². The van der Waals surface area contributed by atoms with E-state index in [2.05, 4.69) is 22.2 Å². The molecule has 0 radical (unpaired) electrons. The fourth-order valence-electron chi connectivity index (χ4n) is 1.40. The number of H-pyrrole nitrogens is 2. The van der Waals surface area contributed by atoms with Crippen molar-refractivity contribution in [1.82, 2.24) is 14.9 Å². The topological polar surface area (TPSA) is 58.1 Å². The smallest absolute Gasteiger partial charge is 0.215 e. The van der Waals surface area contributed by atoms with Gasteiger partial charge in [0.05, 0.1) is 12.8 Å². The van der Waals surface area contributed by atoms with Crippen LogP contribution in [0.4, 0.5) is 0 Å². The summed E-state index contributed by atoms with van der Waals surface area (Å²) in [5.74, 6) is 0.856. The Morgan fingerprint density at radius 2 is 1.84 bits per heavy atom. The zero-order valence-corrected chi connectivity index (χ0v) is 12.1. The number of benzene rings is 1. The number of hydrogen-bond acceptors (Lipinski definition) is 4. The maximum absolute atomic E-state index is 5.51. The molecule has 2 N–H and O–H groups in total. The fraction of sp³-hybridized carbons (Fsp3) is 0.250. The summed E-state index contributed by atoms with van der Waals surface area (Å²) >= 11 is 10.1. The molecule has 2 aromatic rings. The van der Waals surface area contributed by atoms with Gasteiger partial charge in [0.25, 0.3) is 0 Å². The van der Waals surface area contributed by atoms with Gasteiger partial charge in [0, 0.05) is 0 Å². The van der Waals surface area contributed by atoms with Gasteiger partial charge in [0.15, 0.2) is 0 Å². The molecular weight excluding hydrogens is 280 g/mol. The largest absolute Gasteiger partial charge is 0.494 e. The summed E-state index contributed by atoms with van der Waals surface area (Å²) in [6.07, 6.45) is 2.68. The summed E-state index contributed by atoms with van der Waals surface area (Å²) in [7, 11) is 0. The van der Waals surface area contributed by atoms with Gasteiger partial charge in [-0.15, -0.1) is 0 Å². The maximum Gasteiger partial charge on any atom is 0.215 e. The van der Waals surface area contributed by atoms with Gasteiger partial charge in [-0.05, 0) is 60.7 Å². The number of hydrogen-bond donors (Lipinski definition) is 2. The van der Waals surface area contributed by atoms with Crippen LogP contribution in [0.25, 0.3) is 0 Å². The lowest BCUT2D eigenvalue weighted by Gasteiger charge is -2.03. The molecule has 0 bridgehead atoms. The molecular formula is C12H14N4OS2. The molecule has 0 fully saturated rings. The highest BCUT2D eigenvalue weighted by Crippen LogP contribution is 2.11. The molecule has 2 rings (SSSR count). The Kier molecular flexibility index (Phi) is 4.64. The molecule has 0 atom stereocenters. The summed E-state index contributed by atoms with van der Waals surface area (Å²) in [5.41, 5.74) is 0.946. The highest BCUT2D eigenvalue weighted by atomic mass is 32.1. The quantitative estimate of drug-likeness (QED) is 0.657. The minimum atomic E-state index is 0.434. The molecule has 1 aromatic carbocycles. The first-order valence-corrected chi connectivity index (χ1v) is 6.69. The number of aromatic nitrogens is 3. The summed E-state index contributed by atoms with van der Waals surface area (Å²) in [5, 5.41) is 9.65. The Morgan fingerprint density at radius 3 is 2.42 bits per heavy atom. The monoisotopic (exact) mass is 294 g/mol. The normalized spacial score (nSPS) is 11.0. The van der Waals surface area contributed by atoms with Crippen LogP contribution < -0.4 is 4.74 Å². The van der Waals surface area contributed by atoms with E-state index in [1.807, 2.05) is 24.3 Å². The van der Waals surface area contributed by atoms with Crippen LogP contribution in [0.15, 0.2) is 29.4 Å². The maximum atomic E-state index is 5.51. The zero-order chi connectivity index (χ0) is 13.7. The van der Waals surface area contributed by atoms with Gasteiger partial charge in [0.1, 0.15) is 5.75 Å². The second-order valence-electron chi connectivity index (χ2n) is 3.83. The van der Waals surface area contributed by atoms with E-state index in [9.17, 15) is 0 Å². The molecule has 0 aliphatic carbocycles. The summed E-state index contributed by atoms with van der Waals surface area (Å²) in [6.45, 7) is 2.80. The van der Waals surface area contributed by atoms with Crippen molar-refractivity contribution in [3.05, 3.63) is 39.4 Å². The van der Waals surface area contributed by atoms with Crippen LogP contribution in [0.1, 0.15) is 18.9 Å². The van der Waals surface area contributed by atoms with Crippen molar-refractivity contribution in [3.8, 4) is 5.75 Å². The third-order valence-corrected chi connectivity index (χ3v) is 2.89. The fourth-order valence-corrected chi connectivity index (χ4v) is 1.84. The van der Waals surface area contributed by atoms with Crippen LogP contribution in [0.2, 0.25) is 0 Å². The van der Waals surface area contributed by atoms with E-state index in [4.69, 9.17) is 29.2 Å². The average Bonchev–Trinajstić information content (AvgIpc) is 2.75. The molecule has 0 saturated carbocycles. The van der Waals surface area contributed by atoms with Crippen LogP contribution in [-0.4, -0.2) is 27.7 Å². The van der Waals surface area contributed by atoms with Crippen molar-refractivity contribution >= 4 is 30.7 Å². The molecule has 0 unspecified atom stereocenters. The Morgan fingerprint density at radius 1 is 1.21 bits per heavy atom. The van der Waals surface area contributed by atoms with Crippen molar-refractivity contribution in [3.63, 3.8) is 0 Å². The molecule has 0 saturated heterocycles. The van der Waals surface area contributed by atoms with E-state index in [1.165, 1.54) is 4.68 Å². The van der Waals surface area contributed by atoms with Crippen LogP contribution >= 0.6 is 24.4 Å². The number of nitrogens with zero attached hydrogens (tertiary/aromatic N) is 2. The zero-order valence-electron chi connectivity index (χ0n) is 10.4. The van der Waals surface area contributed by atoms with E-state index >= 15 is 0 Å². The van der Waals surface area contributed by atoms with E-state index < -0.39 is 0 Å². The van der Waals surface area contributed by atoms with Crippen LogP contribution in [-0.2, 0) is 0 Å². The summed E-state index contributed by atoms with van der Waals surface area (Å²) in [6, 6.07) is 7.68. The lowest BCUT2D eigenvalue weighted by molar-refractivity contribution is 0.317. The molecule has 5 nitrogen and oxygen atoms in total. The van der Waals surface area contributed by atoms with Gasteiger partial charge < -0.3 is 4.74 Å². The molecule has 0 aliphatic heterocycles. The lowest BCUT2D eigenvalue weighted by Crippen LogP contribution is -1.95. The van der Waals surface area contributed by atoms with Gasteiger partial charge in [0.2, 0.25) is 9.54 Å². The van der Waals surface area contributed by atoms with Crippen LogP contribution in [0.3, 0.4) is 0 Å². The van der Waals surface area contributed by atoms with Crippen LogP contribution in [0, 0.1) is 9.54 Å². The molecule has 0 aliphatic rings. The first-order chi connectivity index (χ1) is 9.20. The lowest BCUT2D eigenvalue weighted by atomic mass is 10.2. The van der Waals surface area contributed by atoms with Gasteiger partial charge in [-0.25, -0.2) is 0 Å². The predicted molar refractivity (Wildman–Crippen MR) is 80.0 cm³/mol. The Labute approximate surface area is 120 Å². The molecule has 1 heterocycles. The van der Waals surface area contributed by atoms with Crippen LogP contribution in [0.5, 0.6) is 5.75 Å². The molecule has 7 heteroatoms. The molecule has 0 amide bonds. The second-order valence-corrected chi connectivity index (χ2v) is 4.61. The molecule has 100 valence electrons. The van der Waals surface area contributed by atoms with Gasteiger partial charge in [-0.3, -0.25) is 10.2 Å². The standard InChI is InChI=1S/C12H14N4OS2/c1-2-7-17-10-5-3-9(4-6-10)8-13-16-11(18)14-15-12(16)19/h3-6,8H,2,7H2,1H3,(H,14,18)(H,15,19)/b13-8-. The van der Waals surface area contributed by atoms with E-state index in [0.717, 1.165) is 24.3 Å². The number of rotatable bonds is 5. The third-order valence-electron chi connectivity index (χ3n) is 2.34. The highest BCUT2D eigenvalue weighted by molar-refractivity contribution is 7.72. The van der Waals surface area contributed by atoms with Gasteiger partial charge >= 0.3 is 0 Å². The van der Waals surface area contributed by atoms with Crippen molar-refractivity contribution in [2.24, 2.45) is 5.10 Å². The first-order valence-electron chi connectivity index (χ1n) is 5.87. The van der Waals surface area contributed by atoms with E-state index in [-0.39, 0.29) is 0 Å². The average molecular weight is 294 g/mol. The summed E-state index contributed by atoms with van der Waals surface area (Å²) < 4.78 is 7.83. The van der Waals surface area contributed by atoms with Gasteiger partial charge in [-0.1, -0.05) is 6.92 Å². The molecule has 19 heavy (non-hydrogen) atoms. The van der Waals surface area contributed by atoms with Crippen molar-refractivity contribution in [2.75, 3.05) is 6.61 Å². The van der Waals surface area contributed by atoms with E-state index in [0.29, 0.717) is 9.54 Å². The van der Waals surface area contributed by atoms with Gasteiger partial charge in [-0.2, -0.15) is 9.78 Å². The Balaban J connectivity index is 2.11. The Bertz CT molecular complexity index is 639. The minimum Gasteiger partial charge on any atom is -0.494 e. The predicted octanol–water partition coefficient (Wildman–Crippen LogP) is 3.27. The molecule has 1 aromatic heterocycles. The van der Waals surface area contributed by atoms with Crippen molar-refractivity contribution in [1.29, 1.82) is 0 Å². The number of ether oxygens (including phenoxy) is 1. The molecule has 0 spiro atoms. The van der Waals surface area contributed by atoms with Crippen molar-refractivity contribution < 1.29 is 4.74 Å². The third kappa shape index (κ3) is 3.62. The summed E-state index contributed by atoms with van der Waals surface area (Å²) in [4.78, 5) is 0. The number of aromatic amines is 2.